The first-order valence-corrected chi connectivity index (χ1v) is 8.76. The number of methoxy groups -OCH3 is 2. The quantitative estimate of drug-likeness (QED) is 0.464. The van der Waals surface area contributed by atoms with Crippen LogP contribution in [0.25, 0.3) is 6.08 Å². The summed E-state index contributed by atoms with van der Waals surface area (Å²) in [5.74, 6) is 0.918. The van der Waals surface area contributed by atoms with Crippen molar-refractivity contribution in [1.29, 1.82) is 0 Å². The molecule has 1 heterocycles. The first-order valence-electron chi connectivity index (χ1n) is 7.53. The molecule has 5 nitrogen and oxygen atoms in total. The van der Waals surface area contributed by atoms with Crippen molar-refractivity contribution in [2.45, 2.75) is 4.90 Å². The van der Waals surface area contributed by atoms with Crippen molar-refractivity contribution in [3.8, 4) is 11.5 Å². The maximum Gasteiger partial charge on any atom is 0.363 e. The van der Waals surface area contributed by atoms with Gasteiger partial charge in [-0.05, 0) is 48.2 Å². The molecule has 0 N–H and O–H groups in total. The normalized spacial score (nSPS) is 15.1. The standard InChI is InChI=1S/C19H17NO4S/c1-22-16-9-6-13(11-17(16)23-2)18-20-15(19(21)24-18)10-12-4-7-14(25-3)8-5-12/h4-11H,1-3H3. The van der Waals surface area contributed by atoms with Crippen molar-refractivity contribution in [3.05, 3.63) is 59.3 Å². The third kappa shape index (κ3) is 3.69. The summed E-state index contributed by atoms with van der Waals surface area (Å²) in [5, 5.41) is 0. The number of cyclic esters (lactones) is 1. The first kappa shape index (κ1) is 17.1. The molecule has 0 spiro atoms. The van der Waals surface area contributed by atoms with E-state index in [1.54, 1.807) is 50.3 Å². The van der Waals surface area contributed by atoms with Gasteiger partial charge in [0.15, 0.2) is 17.2 Å². The van der Waals surface area contributed by atoms with E-state index in [0.29, 0.717) is 17.1 Å². The fourth-order valence-corrected chi connectivity index (χ4v) is 2.77. The van der Waals surface area contributed by atoms with Crippen LogP contribution in [0.5, 0.6) is 11.5 Å². The second-order valence-electron chi connectivity index (χ2n) is 5.18. The lowest BCUT2D eigenvalue weighted by Crippen LogP contribution is -2.05. The molecule has 0 saturated carbocycles. The summed E-state index contributed by atoms with van der Waals surface area (Å²) in [4.78, 5) is 17.6. The van der Waals surface area contributed by atoms with Crippen molar-refractivity contribution in [3.63, 3.8) is 0 Å². The predicted octanol–water partition coefficient (Wildman–Crippen LogP) is 3.77. The molecular weight excluding hydrogens is 338 g/mol. The Hall–Kier alpha value is -2.73. The highest BCUT2D eigenvalue weighted by Gasteiger charge is 2.25. The molecule has 0 aliphatic carbocycles. The van der Waals surface area contributed by atoms with Crippen LogP contribution in [0, 0.1) is 0 Å². The van der Waals surface area contributed by atoms with E-state index in [4.69, 9.17) is 14.2 Å². The number of carbonyl (C=O) groups excluding carboxylic acids is 1. The van der Waals surface area contributed by atoms with Crippen molar-refractivity contribution in [1.82, 2.24) is 0 Å². The second kappa shape index (κ2) is 7.44. The smallest absolute Gasteiger partial charge is 0.363 e. The molecule has 0 amide bonds. The van der Waals surface area contributed by atoms with E-state index < -0.39 is 5.97 Å². The molecule has 2 aromatic carbocycles. The molecule has 25 heavy (non-hydrogen) atoms. The van der Waals surface area contributed by atoms with E-state index in [1.807, 2.05) is 30.5 Å². The molecule has 1 aliphatic rings. The highest BCUT2D eigenvalue weighted by Crippen LogP contribution is 2.29. The minimum absolute atomic E-state index is 0.248. The molecule has 0 saturated heterocycles. The van der Waals surface area contributed by atoms with E-state index in [1.165, 1.54) is 0 Å². The largest absolute Gasteiger partial charge is 0.493 e. The van der Waals surface area contributed by atoms with E-state index in [-0.39, 0.29) is 11.6 Å². The number of carbonyl (C=O) groups is 1. The Morgan fingerprint density at radius 2 is 1.76 bits per heavy atom. The molecule has 0 fully saturated rings. The Morgan fingerprint density at radius 1 is 1.04 bits per heavy atom. The van der Waals surface area contributed by atoms with Crippen LogP contribution in [0.2, 0.25) is 0 Å². The number of esters is 1. The van der Waals surface area contributed by atoms with Gasteiger partial charge >= 0.3 is 5.97 Å². The summed E-state index contributed by atoms with van der Waals surface area (Å²) in [6.07, 6.45) is 3.72. The van der Waals surface area contributed by atoms with Crippen molar-refractivity contribution >= 4 is 29.7 Å². The third-order valence-corrected chi connectivity index (χ3v) is 4.41. The van der Waals surface area contributed by atoms with Gasteiger partial charge in [-0.1, -0.05) is 12.1 Å². The van der Waals surface area contributed by atoms with Gasteiger partial charge < -0.3 is 14.2 Å². The molecule has 2 aromatic rings. The van der Waals surface area contributed by atoms with Crippen molar-refractivity contribution < 1.29 is 19.0 Å². The summed E-state index contributed by atoms with van der Waals surface area (Å²) >= 11 is 1.66. The molecule has 128 valence electrons. The average molecular weight is 355 g/mol. The van der Waals surface area contributed by atoms with Crippen LogP contribution in [-0.2, 0) is 9.53 Å². The molecule has 0 aromatic heterocycles. The number of hydrogen-bond acceptors (Lipinski definition) is 6. The predicted molar refractivity (Wildman–Crippen MR) is 98.4 cm³/mol. The van der Waals surface area contributed by atoms with Crippen molar-refractivity contribution in [2.75, 3.05) is 20.5 Å². The van der Waals surface area contributed by atoms with E-state index in [9.17, 15) is 4.79 Å². The van der Waals surface area contributed by atoms with Gasteiger partial charge in [0, 0.05) is 10.5 Å². The molecule has 0 bridgehead atoms. The Labute approximate surface area is 150 Å². The number of nitrogens with zero attached hydrogens (tertiary/aromatic N) is 1. The Morgan fingerprint density at radius 3 is 2.40 bits per heavy atom. The van der Waals surface area contributed by atoms with Gasteiger partial charge in [-0.2, -0.15) is 0 Å². The Kier molecular flexibility index (Phi) is 5.09. The maximum atomic E-state index is 12.1. The zero-order valence-corrected chi connectivity index (χ0v) is 14.9. The molecule has 0 unspecified atom stereocenters. The Balaban J connectivity index is 1.90. The summed E-state index contributed by atoms with van der Waals surface area (Å²) in [6.45, 7) is 0. The topological polar surface area (TPSA) is 57.1 Å². The lowest BCUT2D eigenvalue weighted by atomic mass is 10.2. The van der Waals surface area contributed by atoms with E-state index in [0.717, 1.165) is 10.5 Å². The lowest BCUT2D eigenvalue weighted by Gasteiger charge is -2.08. The van der Waals surface area contributed by atoms with Crippen LogP contribution in [0.4, 0.5) is 0 Å². The van der Waals surface area contributed by atoms with Gasteiger partial charge in [-0.15, -0.1) is 11.8 Å². The number of thioether (sulfide) groups is 1. The minimum Gasteiger partial charge on any atom is -0.493 e. The van der Waals surface area contributed by atoms with Crippen LogP contribution in [0.15, 0.2) is 58.0 Å². The number of ether oxygens (including phenoxy) is 3. The summed E-state index contributed by atoms with van der Waals surface area (Å²) in [6, 6.07) is 13.1. The second-order valence-corrected chi connectivity index (χ2v) is 6.06. The van der Waals surface area contributed by atoms with Gasteiger partial charge in [0.2, 0.25) is 5.90 Å². The summed E-state index contributed by atoms with van der Waals surface area (Å²) < 4.78 is 15.8. The molecular formula is C19H17NO4S. The highest BCUT2D eigenvalue weighted by molar-refractivity contribution is 7.98. The average Bonchev–Trinajstić information content (AvgIpc) is 3.02. The SMILES string of the molecule is COc1ccc(C2=NC(=Cc3ccc(SC)cc3)C(=O)O2)cc1OC. The molecule has 0 radical (unpaired) electrons. The molecule has 0 atom stereocenters. The van der Waals surface area contributed by atoms with Crippen LogP contribution in [0.3, 0.4) is 0 Å². The molecule has 3 rings (SSSR count). The fourth-order valence-electron chi connectivity index (χ4n) is 2.36. The van der Waals surface area contributed by atoms with Crippen LogP contribution in [-0.4, -0.2) is 32.3 Å². The number of rotatable bonds is 5. The third-order valence-electron chi connectivity index (χ3n) is 3.67. The van der Waals surface area contributed by atoms with Gasteiger partial charge in [-0.3, -0.25) is 0 Å². The van der Waals surface area contributed by atoms with Gasteiger partial charge in [0.25, 0.3) is 0 Å². The summed E-state index contributed by atoms with van der Waals surface area (Å²) in [7, 11) is 3.11. The fraction of sp³-hybridized carbons (Fsp3) is 0.158. The maximum absolute atomic E-state index is 12.1. The zero-order chi connectivity index (χ0) is 17.8. The Bertz CT molecular complexity index is 856. The van der Waals surface area contributed by atoms with E-state index in [2.05, 4.69) is 4.99 Å². The van der Waals surface area contributed by atoms with E-state index >= 15 is 0 Å². The van der Waals surface area contributed by atoms with Crippen LogP contribution < -0.4 is 9.47 Å². The molecule has 6 heteroatoms. The number of aliphatic imine (C=N–C) groups is 1. The monoisotopic (exact) mass is 355 g/mol. The number of hydrogen-bond donors (Lipinski definition) is 0. The number of benzene rings is 2. The van der Waals surface area contributed by atoms with Crippen LogP contribution >= 0.6 is 11.8 Å². The van der Waals surface area contributed by atoms with Crippen LogP contribution in [0.1, 0.15) is 11.1 Å². The minimum atomic E-state index is -0.473. The van der Waals surface area contributed by atoms with Gasteiger partial charge in [-0.25, -0.2) is 9.79 Å². The summed E-state index contributed by atoms with van der Waals surface area (Å²) in [5.41, 5.74) is 1.80. The zero-order valence-electron chi connectivity index (χ0n) is 14.1. The van der Waals surface area contributed by atoms with Gasteiger partial charge in [0.05, 0.1) is 14.2 Å². The highest BCUT2D eigenvalue weighted by atomic mass is 32.2. The lowest BCUT2D eigenvalue weighted by molar-refractivity contribution is -0.129. The van der Waals surface area contributed by atoms with Crippen molar-refractivity contribution in [2.24, 2.45) is 4.99 Å². The molecule has 1 aliphatic heterocycles. The first-order chi connectivity index (χ1) is 12.1. The van der Waals surface area contributed by atoms with Gasteiger partial charge in [0.1, 0.15) is 0 Å².